The summed E-state index contributed by atoms with van der Waals surface area (Å²) in [5.74, 6) is -2.34. The van der Waals surface area contributed by atoms with E-state index in [1.807, 2.05) is 6.07 Å². The number of nitrogens with one attached hydrogen (secondary N) is 1. The van der Waals surface area contributed by atoms with Crippen molar-refractivity contribution in [2.45, 2.75) is 49.8 Å². The minimum absolute atomic E-state index is 0.0922. The fourth-order valence-corrected chi connectivity index (χ4v) is 5.92. The zero-order valence-electron chi connectivity index (χ0n) is 21.1. The van der Waals surface area contributed by atoms with Gasteiger partial charge in [-0.25, -0.2) is 23.4 Å². The number of aromatic nitrogens is 4. The normalized spacial score (nSPS) is 21.9. The van der Waals surface area contributed by atoms with Crippen LogP contribution in [0.15, 0.2) is 59.7 Å². The Bertz CT molecular complexity index is 1580. The van der Waals surface area contributed by atoms with E-state index < -0.39 is 35.8 Å². The van der Waals surface area contributed by atoms with E-state index in [0.29, 0.717) is 61.2 Å². The first-order valence-electron chi connectivity index (χ1n) is 13.1. The molecule has 1 aromatic carbocycles. The third-order valence-corrected chi connectivity index (χ3v) is 7.90. The van der Waals surface area contributed by atoms with Gasteiger partial charge in [-0.05, 0) is 61.1 Å². The number of ether oxygens (including phenoxy) is 1. The third-order valence-electron chi connectivity index (χ3n) is 7.90. The van der Waals surface area contributed by atoms with E-state index >= 15 is 0 Å². The Hall–Kier alpha value is -4.12. The van der Waals surface area contributed by atoms with E-state index in [-0.39, 0.29) is 17.3 Å². The molecule has 0 bridgehead atoms. The fraction of sp³-hybridized carbons (Fsp3) is 0.357. The van der Waals surface area contributed by atoms with Crippen LogP contribution in [-0.2, 0) is 4.74 Å². The van der Waals surface area contributed by atoms with Crippen molar-refractivity contribution in [2.75, 3.05) is 13.1 Å². The summed E-state index contributed by atoms with van der Waals surface area (Å²) in [6.07, 6.45) is 3.98. The van der Waals surface area contributed by atoms with Crippen LogP contribution >= 0.6 is 0 Å². The maximum atomic E-state index is 14.7. The van der Waals surface area contributed by atoms with Crippen molar-refractivity contribution in [3.8, 4) is 0 Å². The summed E-state index contributed by atoms with van der Waals surface area (Å²) < 4.78 is 36.3. The molecule has 9 nitrogen and oxygen atoms in total. The van der Waals surface area contributed by atoms with Crippen LogP contribution in [0.3, 0.4) is 0 Å². The smallest absolute Gasteiger partial charge is 0.410 e. The number of carbonyl (C=O) groups excluding carboxylic acids is 1. The SMILES string of the molecule is N[C@@H]1c2cccnc2[C@H](OC(=O)N2CCC(n3c(=O)[nH]c4cccnc43)CC2)CC[C@@H]1c1cccc(F)c1F. The van der Waals surface area contributed by atoms with Gasteiger partial charge >= 0.3 is 11.8 Å². The first-order valence-corrected chi connectivity index (χ1v) is 13.1. The summed E-state index contributed by atoms with van der Waals surface area (Å²) in [7, 11) is 0. The number of hydrogen-bond donors (Lipinski definition) is 2. The van der Waals surface area contributed by atoms with Gasteiger partial charge in [-0.15, -0.1) is 0 Å². The molecule has 1 fully saturated rings. The number of amides is 1. The monoisotopic (exact) mass is 534 g/mol. The molecule has 4 heterocycles. The highest BCUT2D eigenvalue weighted by molar-refractivity contribution is 5.70. The lowest BCUT2D eigenvalue weighted by atomic mass is 9.86. The predicted molar refractivity (Wildman–Crippen MR) is 139 cm³/mol. The van der Waals surface area contributed by atoms with Gasteiger partial charge in [0.15, 0.2) is 17.3 Å². The molecule has 202 valence electrons. The van der Waals surface area contributed by atoms with Crippen LogP contribution < -0.4 is 11.4 Å². The molecule has 0 saturated carbocycles. The van der Waals surface area contributed by atoms with Gasteiger partial charge in [-0.2, -0.15) is 0 Å². The molecule has 11 heteroatoms. The van der Waals surface area contributed by atoms with Crippen LogP contribution in [-0.4, -0.2) is 43.6 Å². The molecular weight excluding hydrogens is 506 g/mol. The highest BCUT2D eigenvalue weighted by Gasteiger charge is 2.36. The van der Waals surface area contributed by atoms with Crippen molar-refractivity contribution < 1.29 is 18.3 Å². The van der Waals surface area contributed by atoms with Crippen LogP contribution in [0.25, 0.3) is 11.2 Å². The number of nitrogens with two attached hydrogens (primary N) is 1. The number of fused-ring (bicyclic) bond motifs is 2. The molecule has 39 heavy (non-hydrogen) atoms. The Morgan fingerprint density at radius 3 is 2.54 bits per heavy atom. The van der Waals surface area contributed by atoms with E-state index in [1.54, 1.807) is 46.1 Å². The van der Waals surface area contributed by atoms with Crippen molar-refractivity contribution in [3.63, 3.8) is 0 Å². The van der Waals surface area contributed by atoms with Gasteiger partial charge in [0.05, 0.1) is 11.2 Å². The molecule has 6 rings (SSSR count). The van der Waals surface area contributed by atoms with Crippen molar-refractivity contribution in [1.29, 1.82) is 0 Å². The number of pyridine rings is 2. The molecule has 3 aromatic heterocycles. The van der Waals surface area contributed by atoms with E-state index in [4.69, 9.17) is 10.5 Å². The number of piperidine rings is 1. The molecule has 1 aliphatic heterocycles. The van der Waals surface area contributed by atoms with Crippen LogP contribution in [0.5, 0.6) is 0 Å². The van der Waals surface area contributed by atoms with Gasteiger partial charge in [-0.1, -0.05) is 18.2 Å². The molecule has 1 aliphatic carbocycles. The maximum absolute atomic E-state index is 14.7. The topological polar surface area (TPSA) is 119 Å². The standard InChI is InChI=1S/C28H28F2N6O3/c29-20-6-1-4-17(23(20)30)18-8-9-22(25-19(24(18)31)5-2-12-32-25)39-28(38)35-14-10-16(11-15-35)36-26-21(34-27(36)37)7-3-13-33-26/h1-7,12-13,16,18,22,24H,8-11,14-15,31H2,(H,34,37)/t18-,22-,24+/m1/s1. The number of aromatic amines is 1. The fourth-order valence-electron chi connectivity index (χ4n) is 5.92. The van der Waals surface area contributed by atoms with Crippen molar-refractivity contribution >= 4 is 17.3 Å². The van der Waals surface area contributed by atoms with Crippen LogP contribution in [0.4, 0.5) is 13.6 Å². The lowest BCUT2D eigenvalue weighted by Crippen LogP contribution is -2.41. The lowest BCUT2D eigenvalue weighted by Gasteiger charge is -2.32. The van der Waals surface area contributed by atoms with Crippen LogP contribution in [0.1, 0.15) is 66.6 Å². The second-order valence-electron chi connectivity index (χ2n) is 10.1. The minimum Gasteiger partial charge on any atom is -0.440 e. The van der Waals surface area contributed by atoms with Crippen LogP contribution in [0.2, 0.25) is 0 Å². The third kappa shape index (κ3) is 4.56. The van der Waals surface area contributed by atoms with E-state index in [2.05, 4.69) is 15.0 Å². The second kappa shape index (κ2) is 10.2. The summed E-state index contributed by atoms with van der Waals surface area (Å²) in [5, 5.41) is 0. The molecular formula is C28H28F2N6O3. The summed E-state index contributed by atoms with van der Waals surface area (Å²) in [5.41, 5.74) is 9.02. The van der Waals surface area contributed by atoms with Crippen molar-refractivity contribution in [3.05, 3.63) is 93.8 Å². The number of carbonyl (C=O) groups is 1. The van der Waals surface area contributed by atoms with Gasteiger partial charge in [0.2, 0.25) is 0 Å². The van der Waals surface area contributed by atoms with Gasteiger partial charge in [-0.3, -0.25) is 9.55 Å². The number of halogens is 2. The van der Waals surface area contributed by atoms with Gasteiger partial charge < -0.3 is 20.4 Å². The van der Waals surface area contributed by atoms with Crippen LogP contribution in [0, 0.1) is 11.6 Å². The maximum Gasteiger partial charge on any atom is 0.410 e. The second-order valence-corrected chi connectivity index (χ2v) is 10.1. The van der Waals surface area contributed by atoms with Gasteiger partial charge in [0.25, 0.3) is 0 Å². The summed E-state index contributed by atoms with van der Waals surface area (Å²) >= 11 is 0. The molecule has 0 unspecified atom stereocenters. The van der Waals surface area contributed by atoms with E-state index in [0.717, 1.165) is 6.07 Å². The number of benzene rings is 1. The highest BCUT2D eigenvalue weighted by Crippen LogP contribution is 2.43. The molecule has 1 amide bonds. The Kier molecular flexibility index (Phi) is 6.59. The Morgan fingerprint density at radius 1 is 0.974 bits per heavy atom. The van der Waals surface area contributed by atoms with Gasteiger partial charge in [0, 0.05) is 43.5 Å². The van der Waals surface area contributed by atoms with Gasteiger partial charge in [0.1, 0.15) is 6.10 Å². The lowest BCUT2D eigenvalue weighted by molar-refractivity contribution is 0.0472. The predicted octanol–water partition coefficient (Wildman–Crippen LogP) is 4.49. The number of H-pyrrole nitrogens is 1. The number of hydrogen-bond acceptors (Lipinski definition) is 6. The highest BCUT2D eigenvalue weighted by atomic mass is 19.2. The molecule has 0 radical (unpaired) electrons. The average Bonchev–Trinajstić information content (AvgIpc) is 3.23. The molecule has 2 aliphatic rings. The average molecular weight is 535 g/mol. The molecule has 3 atom stereocenters. The van der Waals surface area contributed by atoms with Crippen molar-refractivity contribution in [2.24, 2.45) is 5.73 Å². The molecule has 4 aromatic rings. The number of likely N-dealkylation sites (tertiary alicyclic amines) is 1. The minimum atomic E-state index is -0.924. The summed E-state index contributed by atoms with van der Waals surface area (Å²) in [6, 6.07) is 10.5. The zero-order chi connectivity index (χ0) is 27.1. The Morgan fingerprint density at radius 2 is 1.72 bits per heavy atom. The Balaban J connectivity index is 1.18. The number of rotatable bonds is 3. The van der Waals surface area contributed by atoms with E-state index in [1.165, 1.54) is 6.07 Å². The molecule has 0 spiro atoms. The molecule has 1 saturated heterocycles. The largest absolute Gasteiger partial charge is 0.440 e. The zero-order valence-corrected chi connectivity index (χ0v) is 21.1. The first kappa shape index (κ1) is 25.2. The number of nitrogens with zero attached hydrogens (tertiary/aromatic N) is 4. The first-order chi connectivity index (χ1) is 18.9. The quantitative estimate of drug-likeness (QED) is 0.374. The molecule has 3 N–H and O–H groups in total. The van der Waals surface area contributed by atoms with Crippen molar-refractivity contribution in [1.82, 2.24) is 24.4 Å². The summed E-state index contributed by atoms with van der Waals surface area (Å²) in [4.78, 5) is 39.1. The van der Waals surface area contributed by atoms with E-state index in [9.17, 15) is 18.4 Å². The number of imidazole rings is 1. The Labute approximate surface area is 222 Å². The summed E-state index contributed by atoms with van der Waals surface area (Å²) in [6.45, 7) is 0.821.